The lowest BCUT2D eigenvalue weighted by Crippen LogP contribution is -2.41. The van der Waals surface area contributed by atoms with Crippen LogP contribution < -0.4 is 16.4 Å². The molecule has 0 unspecified atom stereocenters. The van der Waals surface area contributed by atoms with Crippen molar-refractivity contribution < 1.29 is 4.79 Å². The molecule has 1 amide bonds. The molecule has 0 aliphatic heterocycles. The second kappa shape index (κ2) is 5.93. The largest absolute Gasteiger partial charge is 0.382 e. The molecule has 104 valence electrons. The van der Waals surface area contributed by atoms with Crippen molar-refractivity contribution in [2.24, 2.45) is 5.92 Å². The molecule has 0 aliphatic carbocycles. The van der Waals surface area contributed by atoms with Crippen LogP contribution in [0.25, 0.3) is 0 Å². The van der Waals surface area contributed by atoms with Gasteiger partial charge in [0.25, 0.3) is 5.91 Å². The Morgan fingerprint density at radius 2 is 2.21 bits per heavy atom. The van der Waals surface area contributed by atoms with Crippen molar-refractivity contribution in [3.63, 3.8) is 0 Å². The molecule has 0 aromatic carbocycles. The first-order valence-electron chi connectivity index (χ1n) is 6.05. The molecule has 0 saturated carbocycles. The van der Waals surface area contributed by atoms with Crippen LogP contribution in [0.5, 0.6) is 0 Å². The summed E-state index contributed by atoms with van der Waals surface area (Å²) in [7, 11) is 0. The van der Waals surface area contributed by atoms with Gasteiger partial charge >= 0.3 is 0 Å². The normalized spacial score (nSPS) is 11.2. The van der Waals surface area contributed by atoms with Crippen molar-refractivity contribution in [3.05, 3.63) is 4.88 Å². The second-order valence-corrected chi connectivity index (χ2v) is 6.23. The summed E-state index contributed by atoms with van der Waals surface area (Å²) in [6, 6.07) is 0. The van der Waals surface area contributed by atoms with E-state index >= 15 is 0 Å². The number of nitrogen functional groups attached to an aromatic ring is 1. The number of nitrogens with one attached hydrogen (secondary N) is 2. The fourth-order valence-corrected chi connectivity index (χ4v) is 2.03. The minimum atomic E-state index is -0.709. The lowest BCUT2D eigenvalue weighted by molar-refractivity contribution is 0.0934. The first-order chi connectivity index (χ1) is 8.75. The Balaban J connectivity index is 2.79. The van der Waals surface area contributed by atoms with Crippen LogP contribution in [0.2, 0.25) is 0 Å². The smallest absolute Gasteiger partial charge is 0.266 e. The van der Waals surface area contributed by atoms with Crippen molar-refractivity contribution in [1.29, 1.82) is 0 Å². The standard InChI is InChI=1S/C13H20N4OS/c1-6-13(4,5)17-11(18)9-10(14)16-12(19-9)15-7-8(2)3/h1,8H,7,14H2,2-5H3,(H,15,16)(H,17,18). The summed E-state index contributed by atoms with van der Waals surface area (Å²) in [5.41, 5.74) is 5.05. The fraction of sp³-hybridized carbons (Fsp3) is 0.538. The highest BCUT2D eigenvalue weighted by Crippen LogP contribution is 2.25. The summed E-state index contributed by atoms with van der Waals surface area (Å²) >= 11 is 1.23. The molecule has 0 atom stereocenters. The molecule has 0 aliphatic rings. The topological polar surface area (TPSA) is 80.0 Å². The number of nitrogens with zero attached hydrogens (tertiary/aromatic N) is 1. The number of terminal acetylenes is 1. The van der Waals surface area contributed by atoms with Crippen LogP contribution in [0.3, 0.4) is 0 Å². The highest BCUT2D eigenvalue weighted by Gasteiger charge is 2.22. The number of hydrogen-bond donors (Lipinski definition) is 3. The van der Waals surface area contributed by atoms with E-state index in [0.717, 1.165) is 6.54 Å². The Bertz CT molecular complexity index is 499. The van der Waals surface area contributed by atoms with Crippen LogP contribution in [0.1, 0.15) is 37.4 Å². The van der Waals surface area contributed by atoms with E-state index in [9.17, 15) is 4.79 Å². The number of hydrogen-bond acceptors (Lipinski definition) is 5. The van der Waals surface area contributed by atoms with Gasteiger partial charge in [-0.1, -0.05) is 31.1 Å². The maximum atomic E-state index is 12.0. The van der Waals surface area contributed by atoms with E-state index in [2.05, 4.69) is 35.4 Å². The van der Waals surface area contributed by atoms with Crippen molar-refractivity contribution in [3.8, 4) is 12.3 Å². The van der Waals surface area contributed by atoms with E-state index in [1.165, 1.54) is 11.3 Å². The van der Waals surface area contributed by atoms with E-state index < -0.39 is 5.54 Å². The van der Waals surface area contributed by atoms with Gasteiger partial charge in [-0.05, 0) is 19.8 Å². The van der Waals surface area contributed by atoms with E-state index in [1.54, 1.807) is 13.8 Å². The highest BCUT2D eigenvalue weighted by molar-refractivity contribution is 7.18. The van der Waals surface area contributed by atoms with Crippen LogP contribution in [0.4, 0.5) is 10.9 Å². The molecule has 1 heterocycles. The number of nitrogens with two attached hydrogens (primary N) is 1. The minimum Gasteiger partial charge on any atom is -0.382 e. The summed E-state index contributed by atoms with van der Waals surface area (Å²) in [6.45, 7) is 8.46. The molecular weight excluding hydrogens is 260 g/mol. The van der Waals surface area contributed by atoms with E-state index in [4.69, 9.17) is 12.2 Å². The fourth-order valence-electron chi connectivity index (χ4n) is 1.24. The highest BCUT2D eigenvalue weighted by atomic mass is 32.1. The van der Waals surface area contributed by atoms with Crippen molar-refractivity contribution in [2.45, 2.75) is 33.2 Å². The van der Waals surface area contributed by atoms with Crippen molar-refractivity contribution in [1.82, 2.24) is 10.3 Å². The van der Waals surface area contributed by atoms with Gasteiger partial charge < -0.3 is 16.4 Å². The lowest BCUT2D eigenvalue weighted by Gasteiger charge is -2.18. The summed E-state index contributed by atoms with van der Waals surface area (Å²) in [4.78, 5) is 16.6. The van der Waals surface area contributed by atoms with Gasteiger partial charge in [0.05, 0.1) is 5.54 Å². The molecule has 0 spiro atoms. The predicted molar refractivity (Wildman–Crippen MR) is 80.2 cm³/mol. The Morgan fingerprint density at radius 3 is 2.74 bits per heavy atom. The summed E-state index contributed by atoms with van der Waals surface area (Å²) < 4.78 is 0. The van der Waals surface area contributed by atoms with E-state index in [1.807, 2.05) is 0 Å². The van der Waals surface area contributed by atoms with E-state index in [0.29, 0.717) is 15.9 Å². The van der Waals surface area contributed by atoms with Gasteiger partial charge in [-0.2, -0.15) is 0 Å². The maximum Gasteiger partial charge on any atom is 0.266 e. The molecule has 5 nitrogen and oxygen atoms in total. The third-order valence-corrected chi connectivity index (χ3v) is 3.34. The Hall–Kier alpha value is -1.74. The number of carbonyl (C=O) groups is 1. The van der Waals surface area contributed by atoms with Crippen molar-refractivity contribution >= 4 is 28.2 Å². The molecule has 0 radical (unpaired) electrons. The van der Waals surface area contributed by atoms with Gasteiger partial charge in [0.2, 0.25) is 0 Å². The predicted octanol–water partition coefficient (Wildman–Crippen LogP) is 1.93. The second-order valence-electron chi connectivity index (χ2n) is 5.23. The van der Waals surface area contributed by atoms with Gasteiger partial charge in [0.1, 0.15) is 10.7 Å². The summed E-state index contributed by atoms with van der Waals surface area (Å²) in [6.07, 6.45) is 5.34. The van der Waals surface area contributed by atoms with Crippen LogP contribution in [-0.2, 0) is 0 Å². The number of anilines is 2. The summed E-state index contributed by atoms with van der Waals surface area (Å²) in [5, 5.41) is 6.52. The molecule has 0 bridgehead atoms. The zero-order valence-corrected chi connectivity index (χ0v) is 12.5. The van der Waals surface area contributed by atoms with Crippen LogP contribution in [-0.4, -0.2) is 23.0 Å². The van der Waals surface area contributed by atoms with Crippen LogP contribution >= 0.6 is 11.3 Å². The molecule has 0 saturated heterocycles. The molecular formula is C13H20N4OS. The first-order valence-corrected chi connectivity index (χ1v) is 6.87. The number of amides is 1. The Labute approximate surface area is 118 Å². The van der Waals surface area contributed by atoms with Gasteiger partial charge in [-0.15, -0.1) is 6.42 Å². The monoisotopic (exact) mass is 280 g/mol. The number of aromatic nitrogens is 1. The number of rotatable bonds is 5. The SMILES string of the molecule is C#CC(C)(C)NC(=O)c1sc(NCC(C)C)nc1N. The molecule has 1 aromatic heterocycles. The Kier molecular flexibility index (Phi) is 4.78. The molecule has 1 aromatic rings. The average molecular weight is 280 g/mol. The number of thiazole rings is 1. The average Bonchev–Trinajstić information content (AvgIpc) is 2.67. The van der Waals surface area contributed by atoms with Gasteiger partial charge in [-0.3, -0.25) is 4.79 Å². The van der Waals surface area contributed by atoms with Gasteiger partial charge in [0, 0.05) is 6.54 Å². The Morgan fingerprint density at radius 1 is 1.58 bits per heavy atom. The quantitative estimate of drug-likeness (QED) is 0.720. The third-order valence-electron chi connectivity index (χ3n) is 2.31. The minimum absolute atomic E-state index is 0.224. The van der Waals surface area contributed by atoms with Crippen LogP contribution in [0, 0.1) is 18.3 Å². The van der Waals surface area contributed by atoms with Gasteiger partial charge in [-0.25, -0.2) is 4.98 Å². The first kappa shape index (κ1) is 15.3. The zero-order chi connectivity index (χ0) is 14.6. The van der Waals surface area contributed by atoms with Gasteiger partial charge in [0.15, 0.2) is 5.13 Å². The lowest BCUT2D eigenvalue weighted by atomic mass is 10.1. The zero-order valence-electron chi connectivity index (χ0n) is 11.7. The molecule has 4 N–H and O–H groups in total. The maximum absolute atomic E-state index is 12.0. The third kappa shape index (κ3) is 4.45. The van der Waals surface area contributed by atoms with E-state index in [-0.39, 0.29) is 11.7 Å². The molecule has 1 rings (SSSR count). The molecule has 6 heteroatoms. The van der Waals surface area contributed by atoms with Crippen molar-refractivity contribution in [2.75, 3.05) is 17.6 Å². The summed E-state index contributed by atoms with van der Waals surface area (Å²) in [5.74, 6) is 2.92. The molecule has 0 fully saturated rings. The van der Waals surface area contributed by atoms with Crippen LogP contribution in [0.15, 0.2) is 0 Å². The number of carbonyl (C=O) groups excluding carboxylic acids is 1. The molecule has 19 heavy (non-hydrogen) atoms.